The number of hydrogen-bond donors (Lipinski definition) is 2. The number of nitrogens with one attached hydrogen (secondary N) is 2. The van der Waals surface area contributed by atoms with Gasteiger partial charge in [0.05, 0.1) is 6.26 Å². The van der Waals surface area contributed by atoms with Crippen LogP contribution in [0.15, 0.2) is 75.8 Å². The quantitative estimate of drug-likeness (QED) is 0.556. The molecular formula is C20H14BrFN2O3. The number of carbonyl (C=O) groups is 2. The Labute approximate surface area is 163 Å². The standard InChI is InChI=1S/C20H14BrFN2O3/c21-14-4-9-17(22)13(12-14)3-10-19(25)23-15-5-7-16(8-6-15)24-20(26)18-2-1-11-27-18/h1-12H,(H,23,25)(H,24,26)/b10-3+. The number of furan rings is 1. The summed E-state index contributed by atoms with van der Waals surface area (Å²) in [5, 5.41) is 5.34. The van der Waals surface area contributed by atoms with E-state index >= 15 is 0 Å². The molecule has 0 aliphatic rings. The summed E-state index contributed by atoms with van der Waals surface area (Å²) in [6.45, 7) is 0. The lowest BCUT2D eigenvalue weighted by molar-refractivity contribution is -0.111. The topological polar surface area (TPSA) is 71.3 Å². The Hall–Kier alpha value is -3.19. The summed E-state index contributed by atoms with van der Waals surface area (Å²) in [5.74, 6) is -0.978. The van der Waals surface area contributed by atoms with E-state index in [2.05, 4.69) is 26.6 Å². The number of carbonyl (C=O) groups excluding carboxylic acids is 2. The summed E-state index contributed by atoms with van der Waals surface area (Å²) in [4.78, 5) is 23.9. The smallest absolute Gasteiger partial charge is 0.291 e. The Balaban J connectivity index is 1.59. The van der Waals surface area contributed by atoms with E-state index < -0.39 is 11.7 Å². The maximum atomic E-state index is 13.7. The van der Waals surface area contributed by atoms with Crippen molar-refractivity contribution in [2.24, 2.45) is 0 Å². The van der Waals surface area contributed by atoms with E-state index in [4.69, 9.17) is 4.42 Å². The number of benzene rings is 2. The van der Waals surface area contributed by atoms with Gasteiger partial charge in [-0.3, -0.25) is 9.59 Å². The number of anilines is 2. The lowest BCUT2D eigenvalue weighted by Gasteiger charge is -2.06. The van der Waals surface area contributed by atoms with Crippen LogP contribution in [0.2, 0.25) is 0 Å². The minimum Gasteiger partial charge on any atom is -0.459 e. The first kappa shape index (κ1) is 18.6. The van der Waals surface area contributed by atoms with Crippen LogP contribution >= 0.6 is 15.9 Å². The first-order valence-corrected chi connectivity index (χ1v) is 8.69. The molecule has 0 saturated heterocycles. The predicted octanol–water partition coefficient (Wildman–Crippen LogP) is 5.09. The van der Waals surface area contributed by atoms with Gasteiger partial charge < -0.3 is 15.1 Å². The Morgan fingerprint density at radius 2 is 1.70 bits per heavy atom. The molecule has 7 heteroatoms. The van der Waals surface area contributed by atoms with Crippen molar-refractivity contribution >= 4 is 45.2 Å². The van der Waals surface area contributed by atoms with Crippen LogP contribution in [0, 0.1) is 5.82 Å². The zero-order valence-corrected chi connectivity index (χ0v) is 15.5. The van der Waals surface area contributed by atoms with E-state index in [9.17, 15) is 14.0 Å². The molecule has 5 nitrogen and oxygen atoms in total. The summed E-state index contributed by atoms with van der Waals surface area (Å²) in [5.41, 5.74) is 1.40. The number of hydrogen-bond acceptors (Lipinski definition) is 3. The SMILES string of the molecule is O=C(/C=C/c1cc(Br)ccc1F)Nc1ccc(NC(=O)c2ccco2)cc1. The van der Waals surface area contributed by atoms with Gasteiger partial charge in [0.15, 0.2) is 5.76 Å². The van der Waals surface area contributed by atoms with Crippen molar-refractivity contribution in [2.45, 2.75) is 0 Å². The van der Waals surface area contributed by atoms with Crippen LogP contribution in [0.4, 0.5) is 15.8 Å². The Morgan fingerprint density at radius 1 is 1.00 bits per heavy atom. The van der Waals surface area contributed by atoms with Gasteiger partial charge in [0.1, 0.15) is 5.82 Å². The molecular weight excluding hydrogens is 415 g/mol. The van der Waals surface area contributed by atoms with Gasteiger partial charge in [-0.2, -0.15) is 0 Å². The molecule has 0 spiro atoms. The van der Waals surface area contributed by atoms with Crippen molar-refractivity contribution in [1.29, 1.82) is 0 Å². The summed E-state index contributed by atoms with van der Waals surface area (Å²) >= 11 is 3.26. The fourth-order valence-corrected chi connectivity index (χ4v) is 2.61. The molecule has 3 rings (SSSR count). The third kappa shape index (κ3) is 5.15. The van der Waals surface area contributed by atoms with E-state index in [0.717, 1.165) is 4.47 Å². The van der Waals surface area contributed by atoms with Gasteiger partial charge in [-0.25, -0.2) is 4.39 Å². The number of halogens is 2. The molecule has 0 aliphatic heterocycles. The summed E-state index contributed by atoms with van der Waals surface area (Å²) in [6, 6.07) is 14.2. The largest absolute Gasteiger partial charge is 0.459 e. The van der Waals surface area contributed by atoms with E-state index in [1.807, 2.05) is 0 Å². The van der Waals surface area contributed by atoms with Crippen LogP contribution in [0.5, 0.6) is 0 Å². The van der Waals surface area contributed by atoms with Crippen molar-refractivity contribution in [2.75, 3.05) is 10.6 Å². The second-order valence-electron chi connectivity index (χ2n) is 5.50. The van der Waals surface area contributed by atoms with Gasteiger partial charge in [0.2, 0.25) is 5.91 Å². The van der Waals surface area contributed by atoms with Crippen LogP contribution in [0.25, 0.3) is 6.08 Å². The number of amides is 2. The third-order valence-corrected chi connectivity index (χ3v) is 4.02. The minimum absolute atomic E-state index is 0.206. The van der Waals surface area contributed by atoms with E-state index in [0.29, 0.717) is 16.9 Å². The van der Waals surface area contributed by atoms with Crippen molar-refractivity contribution in [3.8, 4) is 0 Å². The first-order chi connectivity index (χ1) is 13.0. The second kappa shape index (κ2) is 8.46. The molecule has 0 aliphatic carbocycles. The van der Waals surface area contributed by atoms with Gasteiger partial charge in [0, 0.05) is 27.5 Å². The average molecular weight is 429 g/mol. The third-order valence-electron chi connectivity index (χ3n) is 3.53. The van der Waals surface area contributed by atoms with Gasteiger partial charge in [-0.15, -0.1) is 0 Å². The number of rotatable bonds is 5. The van der Waals surface area contributed by atoms with Crippen LogP contribution in [-0.4, -0.2) is 11.8 Å². The lowest BCUT2D eigenvalue weighted by atomic mass is 10.2. The highest BCUT2D eigenvalue weighted by atomic mass is 79.9. The molecule has 3 aromatic rings. The fourth-order valence-electron chi connectivity index (χ4n) is 2.23. The molecule has 27 heavy (non-hydrogen) atoms. The molecule has 0 unspecified atom stereocenters. The van der Waals surface area contributed by atoms with Crippen molar-refractivity contribution < 1.29 is 18.4 Å². The summed E-state index contributed by atoms with van der Waals surface area (Å²) in [7, 11) is 0. The summed E-state index contributed by atoms with van der Waals surface area (Å²) in [6.07, 6.45) is 4.06. The van der Waals surface area contributed by atoms with Crippen molar-refractivity contribution in [1.82, 2.24) is 0 Å². The van der Waals surface area contributed by atoms with Crippen LogP contribution < -0.4 is 10.6 Å². The molecule has 0 bridgehead atoms. The molecule has 2 amide bonds. The van der Waals surface area contributed by atoms with E-state index in [1.54, 1.807) is 48.5 Å². The predicted molar refractivity (Wildman–Crippen MR) is 105 cm³/mol. The highest BCUT2D eigenvalue weighted by molar-refractivity contribution is 9.10. The lowest BCUT2D eigenvalue weighted by Crippen LogP contribution is -2.11. The molecule has 0 saturated carbocycles. The van der Waals surface area contributed by atoms with E-state index in [1.165, 1.54) is 24.5 Å². The van der Waals surface area contributed by atoms with Gasteiger partial charge in [0.25, 0.3) is 5.91 Å². The zero-order chi connectivity index (χ0) is 19.2. The molecule has 1 heterocycles. The minimum atomic E-state index is -0.418. The van der Waals surface area contributed by atoms with Crippen LogP contribution in [0.3, 0.4) is 0 Å². The molecule has 2 N–H and O–H groups in total. The first-order valence-electron chi connectivity index (χ1n) is 7.90. The Morgan fingerprint density at radius 3 is 2.37 bits per heavy atom. The van der Waals surface area contributed by atoms with Crippen molar-refractivity contribution in [3.05, 3.63) is 88.6 Å². The maximum Gasteiger partial charge on any atom is 0.291 e. The van der Waals surface area contributed by atoms with Crippen LogP contribution in [-0.2, 0) is 4.79 Å². The maximum absolute atomic E-state index is 13.7. The molecule has 1 aromatic heterocycles. The van der Waals surface area contributed by atoms with Gasteiger partial charge in [-0.1, -0.05) is 15.9 Å². The molecule has 2 aromatic carbocycles. The molecule has 0 radical (unpaired) electrons. The Kier molecular flexibility index (Phi) is 5.83. The van der Waals surface area contributed by atoms with Gasteiger partial charge >= 0.3 is 0 Å². The Bertz CT molecular complexity index is 983. The van der Waals surface area contributed by atoms with Gasteiger partial charge in [-0.05, 0) is 60.7 Å². The normalized spacial score (nSPS) is 10.7. The van der Waals surface area contributed by atoms with Crippen LogP contribution in [0.1, 0.15) is 16.1 Å². The molecule has 0 fully saturated rings. The molecule has 0 atom stereocenters. The summed E-state index contributed by atoms with van der Waals surface area (Å²) < 4.78 is 19.4. The highest BCUT2D eigenvalue weighted by Crippen LogP contribution is 2.18. The fraction of sp³-hybridized carbons (Fsp3) is 0. The van der Waals surface area contributed by atoms with Crippen molar-refractivity contribution in [3.63, 3.8) is 0 Å². The molecule has 136 valence electrons. The monoisotopic (exact) mass is 428 g/mol. The second-order valence-corrected chi connectivity index (χ2v) is 6.41. The average Bonchev–Trinajstić information content (AvgIpc) is 3.19. The highest BCUT2D eigenvalue weighted by Gasteiger charge is 2.08. The zero-order valence-electron chi connectivity index (χ0n) is 13.9. The van der Waals surface area contributed by atoms with E-state index in [-0.39, 0.29) is 11.7 Å².